The SMILES string of the molecule is Cc1nn(Cc2ccsc2)cc1N. The number of hydrogen-bond acceptors (Lipinski definition) is 3. The van der Waals surface area contributed by atoms with E-state index in [4.69, 9.17) is 5.73 Å². The summed E-state index contributed by atoms with van der Waals surface area (Å²) in [7, 11) is 0. The monoisotopic (exact) mass is 193 g/mol. The van der Waals surface area contributed by atoms with Crippen LogP contribution in [0.2, 0.25) is 0 Å². The zero-order valence-electron chi connectivity index (χ0n) is 7.40. The Kier molecular flexibility index (Phi) is 2.06. The van der Waals surface area contributed by atoms with E-state index in [1.165, 1.54) is 5.56 Å². The van der Waals surface area contributed by atoms with Crippen molar-refractivity contribution in [3.63, 3.8) is 0 Å². The Morgan fingerprint density at radius 1 is 1.62 bits per heavy atom. The van der Waals surface area contributed by atoms with Crippen LogP contribution in [-0.4, -0.2) is 9.78 Å². The van der Waals surface area contributed by atoms with Crippen LogP contribution in [0.25, 0.3) is 0 Å². The second kappa shape index (κ2) is 3.22. The molecule has 0 radical (unpaired) electrons. The molecular weight excluding hydrogens is 182 g/mol. The molecule has 0 aliphatic carbocycles. The quantitative estimate of drug-likeness (QED) is 0.791. The lowest BCUT2D eigenvalue weighted by molar-refractivity contribution is 0.681. The van der Waals surface area contributed by atoms with Gasteiger partial charge in [0.15, 0.2) is 0 Å². The van der Waals surface area contributed by atoms with Gasteiger partial charge in [-0.25, -0.2) is 0 Å². The number of nitrogens with zero attached hydrogens (tertiary/aromatic N) is 2. The smallest absolute Gasteiger partial charge is 0.0823 e. The van der Waals surface area contributed by atoms with E-state index in [9.17, 15) is 0 Å². The van der Waals surface area contributed by atoms with Gasteiger partial charge in [-0.05, 0) is 29.3 Å². The Hall–Kier alpha value is -1.29. The molecule has 2 N–H and O–H groups in total. The largest absolute Gasteiger partial charge is 0.396 e. The van der Waals surface area contributed by atoms with Crippen LogP contribution in [0, 0.1) is 6.92 Å². The summed E-state index contributed by atoms with van der Waals surface area (Å²) < 4.78 is 1.87. The van der Waals surface area contributed by atoms with Gasteiger partial charge in [-0.1, -0.05) is 0 Å². The Morgan fingerprint density at radius 2 is 2.46 bits per heavy atom. The summed E-state index contributed by atoms with van der Waals surface area (Å²) >= 11 is 1.70. The van der Waals surface area contributed by atoms with Crippen molar-refractivity contribution in [2.75, 3.05) is 5.73 Å². The second-order valence-electron chi connectivity index (χ2n) is 3.00. The highest BCUT2D eigenvalue weighted by molar-refractivity contribution is 7.07. The van der Waals surface area contributed by atoms with E-state index in [-0.39, 0.29) is 0 Å². The van der Waals surface area contributed by atoms with E-state index in [1.807, 2.05) is 17.8 Å². The number of hydrogen-bond donors (Lipinski definition) is 1. The summed E-state index contributed by atoms with van der Waals surface area (Å²) in [6, 6.07) is 2.10. The molecule has 2 aromatic rings. The molecule has 2 aromatic heterocycles. The molecule has 0 atom stereocenters. The van der Waals surface area contributed by atoms with Gasteiger partial charge in [0.05, 0.1) is 17.9 Å². The number of aryl methyl sites for hydroxylation is 1. The standard InChI is InChI=1S/C9H11N3S/c1-7-9(10)5-12(11-7)4-8-2-3-13-6-8/h2-3,5-6H,4,10H2,1H3. The average Bonchev–Trinajstić information content (AvgIpc) is 2.64. The van der Waals surface area contributed by atoms with E-state index in [1.54, 1.807) is 11.3 Å². The van der Waals surface area contributed by atoms with E-state index in [0.29, 0.717) is 0 Å². The Bertz CT molecular complexity index is 369. The summed E-state index contributed by atoms with van der Waals surface area (Å²) in [6.45, 7) is 2.72. The van der Waals surface area contributed by atoms with Gasteiger partial charge in [0.1, 0.15) is 0 Å². The van der Waals surface area contributed by atoms with Crippen molar-refractivity contribution >= 4 is 17.0 Å². The molecule has 3 nitrogen and oxygen atoms in total. The highest BCUT2D eigenvalue weighted by Crippen LogP contribution is 2.11. The van der Waals surface area contributed by atoms with Crippen LogP contribution in [-0.2, 0) is 6.54 Å². The molecule has 0 aliphatic rings. The minimum atomic E-state index is 0.759. The topological polar surface area (TPSA) is 43.8 Å². The summed E-state index contributed by atoms with van der Waals surface area (Å²) in [6.07, 6.45) is 1.87. The third-order valence-corrected chi connectivity index (χ3v) is 2.64. The fraction of sp³-hybridized carbons (Fsp3) is 0.222. The lowest BCUT2D eigenvalue weighted by atomic mass is 10.3. The van der Waals surface area contributed by atoms with Crippen molar-refractivity contribution in [3.8, 4) is 0 Å². The van der Waals surface area contributed by atoms with Gasteiger partial charge in [0.25, 0.3) is 0 Å². The fourth-order valence-electron chi connectivity index (χ4n) is 1.18. The van der Waals surface area contributed by atoms with E-state index in [0.717, 1.165) is 17.9 Å². The maximum absolute atomic E-state index is 5.69. The van der Waals surface area contributed by atoms with Gasteiger partial charge in [-0.15, -0.1) is 0 Å². The van der Waals surface area contributed by atoms with Gasteiger partial charge >= 0.3 is 0 Å². The van der Waals surface area contributed by atoms with Crippen LogP contribution in [0.4, 0.5) is 5.69 Å². The van der Waals surface area contributed by atoms with Crippen LogP contribution >= 0.6 is 11.3 Å². The molecule has 68 valence electrons. The molecule has 0 saturated carbocycles. The first-order valence-corrected chi connectivity index (χ1v) is 5.00. The van der Waals surface area contributed by atoms with Crippen molar-refractivity contribution in [2.24, 2.45) is 0 Å². The molecular formula is C9H11N3S. The zero-order chi connectivity index (χ0) is 9.26. The maximum Gasteiger partial charge on any atom is 0.0823 e. The molecule has 13 heavy (non-hydrogen) atoms. The van der Waals surface area contributed by atoms with E-state index >= 15 is 0 Å². The number of nitrogen functional groups attached to an aromatic ring is 1. The molecule has 0 amide bonds. The highest BCUT2D eigenvalue weighted by atomic mass is 32.1. The first-order valence-electron chi connectivity index (χ1n) is 4.06. The molecule has 0 aliphatic heterocycles. The van der Waals surface area contributed by atoms with Gasteiger partial charge in [0, 0.05) is 6.20 Å². The van der Waals surface area contributed by atoms with Crippen LogP contribution < -0.4 is 5.73 Å². The van der Waals surface area contributed by atoms with Gasteiger partial charge in [-0.2, -0.15) is 16.4 Å². The number of anilines is 1. The minimum Gasteiger partial charge on any atom is -0.396 e. The van der Waals surface area contributed by atoms with Gasteiger partial charge in [0.2, 0.25) is 0 Å². The Morgan fingerprint density at radius 3 is 3.00 bits per heavy atom. The molecule has 2 rings (SSSR count). The minimum absolute atomic E-state index is 0.759. The zero-order valence-corrected chi connectivity index (χ0v) is 8.21. The van der Waals surface area contributed by atoms with Crippen molar-refractivity contribution in [1.29, 1.82) is 0 Å². The maximum atomic E-state index is 5.69. The molecule has 0 aromatic carbocycles. The molecule has 0 unspecified atom stereocenters. The first-order chi connectivity index (χ1) is 6.25. The Labute approximate surface area is 80.8 Å². The van der Waals surface area contributed by atoms with Gasteiger partial charge < -0.3 is 5.73 Å². The summed E-state index contributed by atoms with van der Waals surface area (Å²) in [5.41, 5.74) is 8.62. The van der Waals surface area contributed by atoms with Crippen molar-refractivity contribution in [1.82, 2.24) is 9.78 Å². The summed E-state index contributed by atoms with van der Waals surface area (Å²) in [5, 5.41) is 8.46. The third-order valence-electron chi connectivity index (χ3n) is 1.91. The third kappa shape index (κ3) is 1.72. The Balaban J connectivity index is 2.19. The van der Waals surface area contributed by atoms with Crippen LogP contribution in [0.1, 0.15) is 11.3 Å². The number of nitrogens with two attached hydrogens (primary N) is 1. The average molecular weight is 193 g/mol. The van der Waals surface area contributed by atoms with Crippen LogP contribution in [0.15, 0.2) is 23.0 Å². The van der Waals surface area contributed by atoms with Gasteiger partial charge in [-0.3, -0.25) is 4.68 Å². The number of aromatic nitrogens is 2. The lowest BCUT2D eigenvalue weighted by Crippen LogP contribution is -1.98. The van der Waals surface area contributed by atoms with Crippen LogP contribution in [0.3, 0.4) is 0 Å². The highest BCUT2D eigenvalue weighted by Gasteiger charge is 2.01. The number of thiophene rings is 1. The van der Waals surface area contributed by atoms with Crippen molar-refractivity contribution in [3.05, 3.63) is 34.3 Å². The molecule has 0 saturated heterocycles. The first kappa shape index (κ1) is 8.31. The molecule has 2 heterocycles. The summed E-state index contributed by atoms with van der Waals surface area (Å²) in [5.74, 6) is 0. The predicted molar refractivity (Wildman–Crippen MR) is 54.8 cm³/mol. The lowest BCUT2D eigenvalue weighted by Gasteiger charge is -1.96. The van der Waals surface area contributed by atoms with Crippen molar-refractivity contribution < 1.29 is 0 Å². The van der Waals surface area contributed by atoms with E-state index in [2.05, 4.69) is 21.9 Å². The predicted octanol–water partition coefficient (Wildman–Crippen LogP) is 1.88. The fourth-order valence-corrected chi connectivity index (χ4v) is 1.84. The normalized spacial score (nSPS) is 10.5. The van der Waals surface area contributed by atoms with Crippen LogP contribution in [0.5, 0.6) is 0 Å². The number of rotatable bonds is 2. The molecule has 0 bridgehead atoms. The molecule has 4 heteroatoms. The molecule has 0 fully saturated rings. The second-order valence-corrected chi connectivity index (χ2v) is 3.78. The van der Waals surface area contributed by atoms with Crippen molar-refractivity contribution in [2.45, 2.75) is 13.5 Å². The summed E-state index contributed by atoms with van der Waals surface area (Å²) in [4.78, 5) is 0. The van der Waals surface area contributed by atoms with E-state index < -0.39 is 0 Å². The molecule has 0 spiro atoms.